The van der Waals surface area contributed by atoms with E-state index in [1.807, 2.05) is 0 Å². The molecule has 0 heterocycles. The van der Waals surface area contributed by atoms with Gasteiger partial charge in [0.15, 0.2) is 0 Å². The van der Waals surface area contributed by atoms with Crippen LogP contribution in [0.25, 0.3) is 0 Å². The van der Waals surface area contributed by atoms with E-state index in [1.54, 1.807) is 0 Å². The molecule has 2 heteroatoms. The van der Waals surface area contributed by atoms with Gasteiger partial charge in [0, 0.05) is 11.3 Å². The fourth-order valence-corrected chi connectivity index (χ4v) is 1.95. The molecule has 1 atom stereocenters. The van der Waals surface area contributed by atoms with Crippen LogP contribution < -0.4 is 0 Å². The van der Waals surface area contributed by atoms with E-state index < -0.39 is 0 Å². The molecule has 0 N–H and O–H groups in total. The lowest BCUT2D eigenvalue weighted by molar-refractivity contribution is 0.541. The Labute approximate surface area is 66.5 Å². The van der Waals surface area contributed by atoms with Gasteiger partial charge >= 0.3 is 0 Å². The molecule has 0 aromatic rings. The predicted octanol–water partition coefficient (Wildman–Crippen LogP) is 3.02. The molecule has 0 spiro atoms. The summed E-state index contributed by atoms with van der Waals surface area (Å²) in [6.07, 6.45) is 5.29. The fourth-order valence-electron chi connectivity index (χ4n) is 1.45. The Morgan fingerprint density at radius 1 is 1.33 bits per heavy atom. The summed E-state index contributed by atoms with van der Waals surface area (Å²) in [6.45, 7) is 0. The van der Waals surface area contributed by atoms with Gasteiger partial charge in [-0.2, -0.15) is 0 Å². The smallest absolute Gasteiger partial charge is 0.0499 e. The zero-order valence-electron chi connectivity index (χ0n) is 5.45. The Bertz CT molecular complexity index is 77.0. The number of hydrogen-bond donors (Lipinski definition) is 0. The first-order chi connectivity index (χ1) is 4.34. The molecular formula is C7H12Cl2. The first-order valence-corrected chi connectivity index (χ1v) is 4.51. The standard InChI is InChI=1S/C7H12Cl2/c8-5-7(9)6-3-1-2-4-6/h6-7H,1-5H2. The first-order valence-electron chi connectivity index (χ1n) is 3.54. The topological polar surface area (TPSA) is 0 Å². The van der Waals surface area contributed by atoms with E-state index >= 15 is 0 Å². The van der Waals surface area contributed by atoms with E-state index in [9.17, 15) is 0 Å². The molecule has 9 heavy (non-hydrogen) atoms. The van der Waals surface area contributed by atoms with Crippen molar-refractivity contribution in [3.63, 3.8) is 0 Å². The lowest BCUT2D eigenvalue weighted by Crippen LogP contribution is -2.12. The average molecular weight is 167 g/mol. The van der Waals surface area contributed by atoms with Crippen LogP contribution in [0.2, 0.25) is 0 Å². The minimum absolute atomic E-state index is 0.231. The van der Waals surface area contributed by atoms with Crippen LogP contribution in [-0.4, -0.2) is 11.3 Å². The summed E-state index contributed by atoms with van der Waals surface area (Å²) in [4.78, 5) is 0. The molecule has 54 valence electrons. The Morgan fingerprint density at radius 2 is 1.89 bits per heavy atom. The number of rotatable bonds is 2. The summed E-state index contributed by atoms with van der Waals surface area (Å²) in [5, 5.41) is 0.231. The Balaban J connectivity index is 2.24. The molecule has 0 radical (unpaired) electrons. The molecule has 0 aromatic heterocycles. The molecule has 1 fully saturated rings. The molecule has 1 aliphatic rings. The summed E-state index contributed by atoms with van der Waals surface area (Å²) in [7, 11) is 0. The normalized spacial score (nSPS) is 24.7. The molecule has 1 aliphatic carbocycles. The molecular weight excluding hydrogens is 155 g/mol. The molecule has 0 amide bonds. The maximum absolute atomic E-state index is 5.94. The zero-order chi connectivity index (χ0) is 6.69. The van der Waals surface area contributed by atoms with Gasteiger partial charge in [0.1, 0.15) is 0 Å². The van der Waals surface area contributed by atoms with Gasteiger partial charge in [0.05, 0.1) is 0 Å². The van der Waals surface area contributed by atoms with Gasteiger partial charge in [0.2, 0.25) is 0 Å². The third-order valence-electron chi connectivity index (χ3n) is 2.06. The molecule has 1 rings (SSSR count). The molecule has 1 unspecified atom stereocenters. The Morgan fingerprint density at radius 3 is 2.33 bits per heavy atom. The van der Waals surface area contributed by atoms with Crippen molar-refractivity contribution in [1.29, 1.82) is 0 Å². The monoisotopic (exact) mass is 166 g/mol. The van der Waals surface area contributed by atoms with Crippen LogP contribution in [0.5, 0.6) is 0 Å². The molecule has 1 saturated carbocycles. The molecule has 0 nitrogen and oxygen atoms in total. The van der Waals surface area contributed by atoms with Gasteiger partial charge in [-0.05, 0) is 18.8 Å². The van der Waals surface area contributed by atoms with Crippen LogP contribution in [0.1, 0.15) is 25.7 Å². The summed E-state index contributed by atoms with van der Waals surface area (Å²) < 4.78 is 0. The first kappa shape index (κ1) is 7.68. The van der Waals surface area contributed by atoms with Crippen molar-refractivity contribution in [2.75, 3.05) is 5.88 Å². The van der Waals surface area contributed by atoms with E-state index in [0.717, 1.165) is 0 Å². The second-order valence-corrected chi connectivity index (χ2v) is 3.58. The Hall–Kier alpha value is 0.580. The highest BCUT2D eigenvalue weighted by atomic mass is 35.5. The van der Waals surface area contributed by atoms with Crippen LogP contribution in [0.4, 0.5) is 0 Å². The van der Waals surface area contributed by atoms with E-state index in [-0.39, 0.29) is 5.38 Å². The molecule has 0 bridgehead atoms. The number of halogens is 2. The van der Waals surface area contributed by atoms with Crippen molar-refractivity contribution in [2.24, 2.45) is 5.92 Å². The van der Waals surface area contributed by atoms with Crippen molar-refractivity contribution in [3.8, 4) is 0 Å². The van der Waals surface area contributed by atoms with Gasteiger partial charge in [0.25, 0.3) is 0 Å². The van der Waals surface area contributed by atoms with Crippen LogP contribution in [0, 0.1) is 5.92 Å². The van der Waals surface area contributed by atoms with Gasteiger partial charge in [-0.25, -0.2) is 0 Å². The Kier molecular flexibility index (Phi) is 3.14. The van der Waals surface area contributed by atoms with Gasteiger partial charge < -0.3 is 0 Å². The second-order valence-electron chi connectivity index (χ2n) is 2.71. The van der Waals surface area contributed by atoms with Gasteiger partial charge in [-0.1, -0.05) is 12.8 Å². The third kappa shape index (κ3) is 2.01. The van der Waals surface area contributed by atoms with Crippen LogP contribution in [0.15, 0.2) is 0 Å². The molecule has 0 aromatic carbocycles. The van der Waals surface area contributed by atoms with Crippen molar-refractivity contribution >= 4 is 23.2 Å². The van der Waals surface area contributed by atoms with Gasteiger partial charge in [-0.3, -0.25) is 0 Å². The van der Waals surface area contributed by atoms with Crippen molar-refractivity contribution in [3.05, 3.63) is 0 Å². The third-order valence-corrected chi connectivity index (χ3v) is 3.06. The number of hydrogen-bond acceptors (Lipinski definition) is 0. The highest BCUT2D eigenvalue weighted by molar-refractivity contribution is 6.28. The molecule has 0 aliphatic heterocycles. The van der Waals surface area contributed by atoms with E-state index in [0.29, 0.717) is 11.8 Å². The highest BCUT2D eigenvalue weighted by Gasteiger charge is 2.21. The number of alkyl halides is 2. The second kappa shape index (κ2) is 3.68. The SMILES string of the molecule is ClCC(Cl)C1CCCC1. The largest absolute Gasteiger partial charge is 0.125 e. The minimum atomic E-state index is 0.231. The fraction of sp³-hybridized carbons (Fsp3) is 1.00. The van der Waals surface area contributed by atoms with Gasteiger partial charge in [-0.15, -0.1) is 23.2 Å². The quantitative estimate of drug-likeness (QED) is 0.554. The molecule has 0 saturated heterocycles. The van der Waals surface area contributed by atoms with Crippen molar-refractivity contribution < 1.29 is 0 Å². The average Bonchev–Trinajstić information content (AvgIpc) is 2.37. The van der Waals surface area contributed by atoms with E-state index in [2.05, 4.69) is 0 Å². The maximum Gasteiger partial charge on any atom is 0.0499 e. The van der Waals surface area contributed by atoms with E-state index in [1.165, 1.54) is 25.7 Å². The summed E-state index contributed by atoms with van der Waals surface area (Å²) in [5.74, 6) is 1.33. The summed E-state index contributed by atoms with van der Waals surface area (Å²) >= 11 is 11.5. The summed E-state index contributed by atoms with van der Waals surface area (Å²) in [5.41, 5.74) is 0. The van der Waals surface area contributed by atoms with Crippen molar-refractivity contribution in [1.82, 2.24) is 0 Å². The highest BCUT2D eigenvalue weighted by Crippen LogP contribution is 2.30. The summed E-state index contributed by atoms with van der Waals surface area (Å²) in [6, 6.07) is 0. The van der Waals surface area contributed by atoms with Crippen LogP contribution in [-0.2, 0) is 0 Å². The predicted molar refractivity (Wildman–Crippen MR) is 42.3 cm³/mol. The maximum atomic E-state index is 5.94. The van der Waals surface area contributed by atoms with Crippen LogP contribution in [0.3, 0.4) is 0 Å². The lowest BCUT2D eigenvalue weighted by Gasteiger charge is -2.12. The lowest BCUT2D eigenvalue weighted by atomic mass is 10.1. The minimum Gasteiger partial charge on any atom is -0.125 e. The van der Waals surface area contributed by atoms with Crippen molar-refractivity contribution in [2.45, 2.75) is 31.1 Å². The van der Waals surface area contributed by atoms with E-state index in [4.69, 9.17) is 23.2 Å². The van der Waals surface area contributed by atoms with Crippen LogP contribution >= 0.6 is 23.2 Å². The zero-order valence-corrected chi connectivity index (χ0v) is 6.96.